The number of nitrogens with one attached hydrogen (secondary N) is 5. The molecule has 24 heteroatoms. The van der Waals surface area contributed by atoms with Crippen LogP contribution in [0.15, 0.2) is 65.8 Å². The minimum Gasteiger partial charge on any atom is -0.494 e. The molecule has 4 aromatic rings. The van der Waals surface area contributed by atoms with Crippen LogP contribution in [0, 0.1) is 13.8 Å². The van der Waals surface area contributed by atoms with Crippen molar-refractivity contribution in [3.8, 4) is 5.75 Å². The number of rotatable bonds is 29. The van der Waals surface area contributed by atoms with Gasteiger partial charge in [0.1, 0.15) is 34.9 Å². The molecule has 0 radical (unpaired) electrons. The van der Waals surface area contributed by atoms with E-state index in [4.69, 9.17) is 24.7 Å². The predicted octanol–water partition coefficient (Wildman–Crippen LogP) is 3.27. The van der Waals surface area contributed by atoms with Crippen molar-refractivity contribution < 1.29 is 60.9 Å². The fourth-order valence-electron chi connectivity index (χ4n) is 7.86. The van der Waals surface area contributed by atoms with E-state index in [0.717, 1.165) is 36.8 Å². The number of aryl methyl sites for hydroxylation is 3. The molecule has 7 N–H and O–H groups in total. The monoisotopic (exact) mass is 1090 g/mol. The summed E-state index contributed by atoms with van der Waals surface area (Å²) in [5, 5.41) is 15.8. The molecule has 3 atom stereocenters. The van der Waals surface area contributed by atoms with Crippen LogP contribution in [0.25, 0.3) is 10.9 Å². The number of pyridine rings is 1. The number of fused-ring (bicyclic) bond motifs is 1. The van der Waals surface area contributed by atoms with Crippen molar-refractivity contribution in [3.05, 3.63) is 77.6 Å². The van der Waals surface area contributed by atoms with Crippen LogP contribution < -0.4 is 41.4 Å². The number of anilines is 1. The Morgan fingerprint density at radius 2 is 1.44 bits per heavy atom. The molecule has 0 spiro atoms. The Balaban J connectivity index is 1.23. The first kappa shape index (κ1) is 62.4. The lowest BCUT2D eigenvalue weighted by atomic mass is 10.1. The van der Waals surface area contributed by atoms with Crippen molar-refractivity contribution in [2.45, 2.75) is 141 Å². The SMILES string of the molecule is COC(=O)[C@H](CNC(=O)c1ccc2c(cnn2CCCN(C)c2ccccn2)c1)NS(=O)(=O)c1c(C)cc(OCCCC(=O)NCCNC(=O)C(CCC(=O)OC(C)(C)C)NC(=O)[C@@H](N)CCC(=O)OC(C)(C)C)cc1C. The molecule has 0 saturated heterocycles. The molecule has 2 aromatic carbocycles. The van der Waals surface area contributed by atoms with Crippen LogP contribution in [-0.2, 0) is 59.5 Å². The molecular formula is C53H76N10O13S. The largest absolute Gasteiger partial charge is 0.494 e. The summed E-state index contributed by atoms with van der Waals surface area (Å²) < 4.78 is 53.2. The summed E-state index contributed by atoms with van der Waals surface area (Å²) in [5.74, 6) is -3.03. The van der Waals surface area contributed by atoms with Gasteiger partial charge in [0.15, 0.2) is 0 Å². The third-order valence-corrected chi connectivity index (χ3v) is 13.2. The normalized spacial score (nSPS) is 12.9. The molecule has 0 aliphatic carbocycles. The Morgan fingerprint density at radius 1 is 0.792 bits per heavy atom. The smallest absolute Gasteiger partial charge is 0.325 e. The summed E-state index contributed by atoms with van der Waals surface area (Å²) in [6, 6.07) is 10.0. The van der Waals surface area contributed by atoms with E-state index in [1.54, 1.807) is 86.0 Å². The summed E-state index contributed by atoms with van der Waals surface area (Å²) in [6.45, 7) is 14.5. The van der Waals surface area contributed by atoms with Gasteiger partial charge >= 0.3 is 17.9 Å². The highest BCUT2D eigenvalue weighted by Crippen LogP contribution is 2.27. The second-order valence-corrected chi connectivity index (χ2v) is 22.1. The van der Waals surface area contributed by atoms with Gasteiger partial charge in [-0.15, -0.1) is 0 Å². The summed E-state index contributed by atoms with van der Waals surface area (Å²) >= 11 is 0. The molecular weight excluding hydrogens is 1020 g/mol. The van der Waals surface area contributed by atoms with Gasteiger partial charge in [-0.2, -0.15) is 9.82 Å². The molecule has 4 amide bonds. The van der Waals surface area contributed by atoms with E-state index in [2.05, 4.69) is 41.0 Å². The van der Waals surface area contributed by atoms with Gasteiger partial charge in [0.25, 0.3) is 5.91 Å². The number of nitrogens with zero attached hydrogens (tertiary/aromatic N) is 4. The maximum absolute atomic E-state index is 13.8. The number of aromatic nitrogens is 3. The molecule has 1 unspecified atom stereocenters. The number of carbonyl (C=O) groups excluding carboxylic acids is 7. The van der Waals surface area contributed by atoms with Crippen LogP contribution >= 0.6 is 0 Å². The van der Waals surface area contributed by atoms with Crippen molar-refractivity contribution in [1.82, 2.24) is 40.8 Å². The van der Waals surface area contributed by atoms with Gasteiger partial charge in [0.05, 0.1) is 36.4 Å². The molecule has 0 aliphatic rings. The number of amides is 4. The second-order valence-electron chi connectivity index (χ2n) is 20.4. The Labute approximate surface area is 450 Å². The van der Waals surface area contributed by atoms with Crippen molar-refractivity contribution >= 4 is 68.3 Å². The van der Waals surface area contributed by atoms with Gasteiger partial charge in [0.2, 0.25) is 27.7 Å². The van der Waals surface area contributed by atoms with Crippen LogP contribution in [0.3, 0.4) is 0 Å². The summed E-state index contributed by atoms with van der Waals surface area (Å²) in [4.78, 5) is 95.9. The first-order valence-corrected chi connectivity index (χ1v) is 26.9. The zero-order valence-corrected chi connectivity index (χ0v) is 46.6. The van der Waals surface area contributed by atoms with Crippen LogP contribution in [0.5, 0.6) is 5.75 Å². The highest BCUT2D eigenvalue weighted by atomic mass is 32.2. The average Bonchev–Trinajstić information content (AvgIpc) is 3.76. The molecule has 23 nitrogen and oxygen atoms in total. The zero-order chi connectivity index (χ0) is 57.1. The Kier molecular flexibility index (Phi) is 23.3. The number of esters is 3. The minimum atomic E-state index is -4.36. The number of benzene rings is 2. The average molecular weight is 1090 g/mol. The molecule has 0 bridgehead atoms. The Morgan fingerprint density at radius 3 is 2.06 bits per heavy atom. The lowest BCUT2D eigenvalue weighted by molar-refractivity contribution is -0.156. The maximum atomic E-state index is 13.8. The molecule has 422 valence electrons. The van der Waals surface area contributed by atoms with E-state index in [0.29, 0.717) is 23.4 Å². The first-order chi connectivity index (χ1) is 36.2. The van der Waals surface area contributed by atoms with Crippen molar-refractivity contribution in [2.24, 2.45) is 5.73 Å². The molecule has 77 heavy (non-hydrogen) atoms. The van der Waals surface area contributed by atoms with E-state index in [-0.39, 0.29) is 74.6 Å². The van der Waals surface area contributed by atoms with E-state index in [1.165, 1.54) is 12.1 Å². The molecule has 0 fully saturated rings. The molecule has 4 rings (SSSR count). The van der Waals surface area contributed by atoms with E-state index >= 15 is 0 Å². The van der Waals surface area contributed by atoms with Crippen LogP contribution in [-0.4, -0.2) is 141 Å². The number of hydrogen-bond acceptors (Lipinski definition) is 17. The van der Waals surface area contributed by atoms with Crippen molar-refractivity contribution in [1.29, 1.82) is 0 Å². The third-order valence-electron chi connectivity index (χ3n) is 11.4. The fourth-order valence-corrected chi connectivity index (χ4v) is 9.49. The summed E-state index contributed by atoms with van der Waals surface area (Å²) in [6.07, 6.45) is 4.07. The minimum absolute atomic E-state index is 0.0129. The van der Waals surface area contributed by atoms with Gasteiger partial charge in [-0.1, -0.05) is 6.07 Å². The topological polar surface area (TPSA) is 311 Å². The predicted molar refractivity (Wildman–Crippen MR) is 287 cm³/mol. The Bertz CT molecular complexity index is 2770. The lowest BCUT2D eigenvalue weighted by Gasteiger charge is -2.23. The number of sulfonamides is 1. The van der Waals surface area contributed by atoms with Crippen LogP contribution in [0.4, 0.5) is 5.82 Å². The van der Waals surface area contributed by atoms with Gasteiger partial charge in [-0.3, -0.25) is 38.2 Å². The second kappa shape index (κ2) is 28.8. The van der Waals surface area contributed by atoms with E-state index in [9.17, 15) is 42.0 Å². The van der Waals surface area contributed by atoms with Crippen molar-refractivity contribution in [3.63, 3.8) is 0 Å². The fraction of sp³-hybridized carbons (Fsp3) is 0.528. The van der Waals surface area contributed by atoms with E-state index < -0.39 is 81.5 Å². The number of carbonyl (C=O) groups is 7. The number of nitrogens with two attached hydrogens (primary N) is 1. The number of hydrogen-bond donors (Lipinski definition) is 6. The van der Waals surface area contributed by atoms with Gasteiger partial charge < -0.3 is 50.8 Å². The van der Waals surface area contributed by atoms with Gasteiger partial charge in [-0.05, 0) is 135 Å². The van der Waals surface area contributed by atoms with E-state index in [1.807, 2.05) is 29.9 Å². The third kappa shape index (κ3) is 21.0. The lowest BCUT2D eigenvalue weighted by Crippen LogP contribution is -2.52. The number of methoxy groups -OCH3 is 1. The first-order valence-electron chi connectivity index (χ1n) is 25.4. The highest BCUT2D eigenvalue weighted by molar-refractivity contribution is 7.89. The Hall–Kier alpha value is -7.18. The maximum Gasteiger partial charge on any atom is 0.325 e. The quantitative estimate of drug-likeness (QED) is 0.0258. The van der Waals surface area contributed by atoms with Gasteiger partial charge in [0, 0.05) is 76.2 Å². The van der Waals surface area contributed by atoms with Gasteiger partial charge in [-0.25, -0.2) is 13.4 Å². The molecule has 2 aromatic heterocycles. The summed E-state index contributed by atoms with van der Waals surface area (Å²) in [7, 11) is -1.28. The van der Waals surface area contributed by atoms with Crippen LogP contribution in [0.1, 0.15) is 108 Å². The van der Waals surface area contributed by atoms with Crippen molar-refractivity contribution in [2.75, 3.05) is 51.8 Å². The van der Waals surface area contributed by atoms with Crippen LogP contribution in [0.2, 0.25) is 0 Å². The molecule has 0 saturated carbocycles. The zero-order valence-electron chi connectivity index (χ0n) is 45.8. The highest BCUT2D eigenvalue weighted by Gasteiger charge is 2.31. The summed E-state index contributed by atoms with van der Waals surface area (Å²) in [5.41, 5.74) is 6.27. The number of ether oxygens (including phenoxy) is 4. The standard InChI is InChI=1S/C53H76N10O13S/c1-34-29-38(74-28-13-16-44(64)56-24-25-57-50(69)40(19-22-46(66)76-53(6,7)8)60-49(68)39(54)18-21-45(65)75-52(3,4)5)30-35(2)47(34)77(71,72)61-41(51(70)73-10)33-58-48(67)36-17-20-42-37(31-36)32-59-63(42)27-14-26-62(9)43-15-11-12-23-55-43/h11-12,15,17,20,23,29-32,39-41,61H,13-14,16,18-19,21-22,24-28,33,54H2,1-10H3,(H,56,64)(H,57,69)(H,58,67)(H,60,68)/t39-,40?,41-/m0/s1. The molecule has 0 aliphatic heterocycles. The molecule has 2 heterocycles.